The largest absolute Gasteiger partial charge is 0.313 e. The second kappa shape index (κ2) is 9.41. The summed E-state index contributed by atoms with van der Waals surface area (Å²) in [5, 5.41) is 0. The quantitative estimate of drug-likeness (QED) is 0.259. The van der Waals surface area contributed by atoms with E-state index in [1.807, 2.05) is 48.5 Å². The van der Waals surface area contributed by atoms with Gasteiger partial charge in [-0.25, -0.2) is 4.98 Å². The topological polar surface area (TPSA) is 42.4 Å². The molecule has 3 heterocycles. The number of carbonyl (C=O) groups is 1. The molecule has 1 saturated heterocycles. The minimum absolute atomic E-state index is 0.0430. The molecule has 5 heteroatoms. The first-order valence-electron chi connectivity index (χ1n) is 13.2. The van der Waals surface area contributed by atoms with Gasteiger partial charge in [-0.05, 0) is 61.9 Å². The van der Waals surface area contributed by atoms with E-state index in [2.05, 4.69) is 93.1 Å². The fraction of sp³-hybridized carbons (Fsp3) is 0.235. The molecule has 39 heavy (non-hydrogen) atoms. The summed E-state index contributed by atoms with van der Waals surface area (Å²) >= 11 is 0. The van der Waals surface area contributed by atoms with E-state index in [9.17, 15) is 4.79 Å². The number of pyridine rings is 1. The second-order valence-electron chi connectivity index (χ2n) is 11.3. The monoisotopic (exact) mass is 532 g/mol. The number of amides is 1. The number of fused-ring (bicyclic) bond motifs is 1. The molecule has 0 aliphatic carbocycles. The van der Waals surface area contributed by atoms with Crippen LogP contribution in [0.15, 0.2) is 113 Å². The Morgan fingerprint density at radius 3 is 2.15 bits per heavy atom. The Bertz CT molecular complexity index is 1590. The van der Waals surface area contributed by atoms with Crippen molar-refractivity contribution in [3.05, 3.63) is 120 Å². The maximum Gasteiger partial charge on any atom is 0.259 e. The summed E-state index contributed by atoms with van der Waals surface area (Å²) in [6.07, 6.45) is 1.14. The Morgan fingerprint density at radius 1 is 0.821 bits per heavy atom. The molecular weight excluding hydrogens is 500 g/mol. The number of nitrogens with zero attached hydrogens (tertiary/aromatic N) is 2. The highest BCUT2D eigenvalue weighted by Gasteiger charge is 2.60. The number of hydrogen-bond donors (Lipinski definition) is 0. The zero-order valence-corrected chi connectivity index (χ0v) is 23.5. The van der Waals surface area contributed by atoms with Gasteiger partial charge in [0.25, 0.3) is 5.91 Å². The van der Waals surface area contributed by atoms with E-state index in [0.717, 1.165) is 16.0 Å². The van der Waals surface area contributed by atoms with Crippen molar-refractivity contribution in [2.75, 3.05) is 11.4 Å². The molecule has 0 bridgehead atoms. The molecule has 0 saturated carbocycles. The van der Waals surface area contributed by atoms with Gasteiger partial charge in [-0.1, -0.05) is 90.6 Å². The molecule has 0 spiro atoms. The van der Waals surface area contributed by atoms with Crippen molar-refractivity contribution in [2.24, 2.45) is 5.41 Å². The highest BCUT2D eigenvalue weighted by atomic mass is 32.3. The lowest BCUT2D eigenvalue weighted by Gasteiger charge is -2.62. The van der Waals surface area contributed by atoms with Gasteiger partial charge in [0.15, 0.2) is 6.10 Å². The van der Waals surface area contributed by atoms with E-state index < -0.39 is 21.8 Å². The third-order valence-electron chi connectivity index (χ3n) is 7.79. The zero-order chi connectivity index (χ0) is 27.3. The van der Waals surface area contributed by atoms with Crippen molar-refractivity contribution in [1.29, 1.82) is 0 Å². The lowest BCUT2D eigenvalue weighted by molar-refractivity contribution is -0.124. The number of anilines is 1. The summed E-state index contributed by atoms with van der Waals surface area (Å²) in [5.41, 5.74) is 2.65. The molecule has 0 N–H and O–H groups in total. The number of benzene rings is 3. The lowest BCUT2D eigenvalue weighted by Crippen LogP contribution is -2.44. The van der Waals surface area contributed by atoms with E-state index in [4.69, 9.17) is 4.18 Å². The Balaban J connectivity index is 1.32. The van der Waals surface area contributed by atoms with Crippen molar-refractivity contribution < 1.29 is 8.98 Å². The second-order valence-corrected chi connectivity index (χ2v) is 14.5. The molecular formula is C34H32N2O2S. The summed E-state index contributed by atoms with van der Waals surface area (Å²) in [5.74, 6) is 6.90. The van der Waals surface area contributed by atoms with Crippen LogP contribution in [-0.4, -0.2) is 23.5 Å². The van der Waals surface area contributed by atoms with Gasteiger partial charge in [-0.3, -0.25) is 9.69 Å². The minimum Gasteiger partial charge on any atom is -0.313 e. The van der Waals surface area contributed by atoms with Crippen molar-refractivity contribution >= 4 is 22.0 Å². The van der Waals surface area contributed by atoms with E-state index in [1.54, 1.807) is 11.1 Å². The van der Waals surface area contributed by atoms with Crippen LogP contribution in [0.1, 0.15) is 44.4 Å². The molecule has 3 aromatic carbocycles. The molecule has 2 aliphatic rings. The molecule has 1 amide bonds. The van der Waals surface area contributed by atoms with Crippen LogP contribution < -0.4 is 4.90 Å². The van der Waals surface area contributed by atoms with Gasteiger partial charge >= 0.3 is 0 Å². The van der Waals surface area contributed by atoms with Gasteiger partial charge < -0.3 is 4.18 Å². The van der Waals surface area contributed by atoms with Gasteiger partial charge in [0.2, 0.25) is 0 Å². The van der Waals surface area contributed by atoms with E-state index in [0.29, 0.717) is 12.4 Å². The number of carbonyl (C=O) groups excluding carboxylic acids is 1. The van der Waals surface area contributed by atoms with Gasteiger partial charge in [0.1, 0.15) is 5.82 Å². The molecule has 4 aromatic rings. The predicted octanol–water partition coefficient (Wildman–Crippen LogP) is 7.33. The van der Waals surface area contributed by atoms with Crippen LogP contribution in [0.25, 0.3) is 0 Å². The molecule has 4 nitrogen and oxygen atoms in total. The smallest absolute Gasteiger partial charge is 0.259 e. The zero-order valence-electron chi connectivity index (χ0n) is 22.7. The Labute approximate surface area is 232 Å². The lowest BCUT2D eigenvalue weighted by atomic mass is 9.90. The SMILES string of the molecule is CC1(C)CN(c2ccc(C#Cc3ccccc3)cn2)C(=O)C1OS1(c2ccccc2)c2ccccc2C1(C)C. The highest BCUT2D eigenvalue weighted by molar-refractivity contribution is 8.31. The van der Waals surface area contributed by atoms with Crippen molar-refractivity contribution in [1.82, 2.24) is 4.98 Å². The fourth-order valence-corrected chi connectivity index (χ4v) is 9.96. The third-order valence-corrected chi connectivity index (χ3v) is 11.8. The van der Waals surface area contributed by atoms with E-state index in [-0.39, 0.29) is 10.7 Å². The third kappa shape index (κ3) is 4.07. The maximum absolute atomic E-state index is 14.0. The Hall–Kier alpha value is -3.85. The molecule has 2 unspecified atom stereocenters. The number of hydrogen-bond acceptors (Lipinski definition) is 3. The van der Waals surface area contributed by atoms with Crippen LogP contribution in [0.4, 0.5) is 5.82 Å². The standard InChI is InChI=1S/C34H32N2O2S/c1-33(2)24-36(30-22-21-26(23-35-30)20-19-25-13-7-5-8-14-25)32(37)31(33)38-39(27-15-9-6-10-16-27)29-18-12-11-17-28(29)34(39,3)4/h5-18,21-23,31H,24H2,1-4H3. The summed E-state index contributed by atoms with van der Waals surface area (Å²) in [6.45, 7) is 9.26. The molecule has 6 rings (SSSR count). The average Bonchev–Trinajstić information content (AvgIpc) is 3.19. The molecule has 2 atom stereocenters. The summed E-state index contributed by atoms with van der Waals surface area (Å²) in [7, 11) is -1.93. The first-order chi connectivity index (χ1) is 18.7. The number of rotatable bonds is 4. The van der Waals surface area contributed by atoms with Crippen LogP contribution >= 0.6 is 10.3 Å². The summed E-state index contributed by atoms with van der Waals surface area (Å²) < 4.78 is 6.97. The number of aromatic nitrogens is 1. The first kappa shape index (κ1) is 25.4. The Morgan fingerprint density at radius 2 is 1.46 bits per heavy atom. The molecule has 196 valence electrons. The normalized spacial score (nSPS) is 24.1. The summed E-state index contributed by atoms with van der Waals surface area (Å²) in [4.78, 5) is 22.8. The molecule has 2 aliphatic heterocycles. The molecule has 1 aromatic heterocycles. The van der Waals surface area contributed by atoms with Crippen LogP contribution in [0.5, 0.6) is 0 Å². The van der Waals surface area contributed by atoms with Crippen LogP contribution in [0.3, 0.4) is 0 Å². The van der Waals surface area contributed by atoms with Crippen LogP contribution in [0.2, 0.25) is 0 Å². The average molecular weight is 533 g/mol. The van der Waals surface area contributed by atoms with Crippen LogP contribution in [-0.2, 0) is 13.7 Å². The predicted molar refractivity (Wildman–Crippen MR) is 158 cm³/mol. The van der Waals surface area contributed by atoms with E-state index >= 15 is 0 Å². The Kier molecular flexibility index (Phi) is 6.14. The van der Waals surface area contributed by atoms with Crippen LogP contribution in [0, 0.1) is 17.3 Å². The van der Waals surface area contributed by atoms with Crippen molar-refractivity contribution in [2.45, 2.75) is 48.3 Å². The van der Waals surface area contributed by atoms with Gasteiger partial charge in [0.05, 0.1) is 4.75 Å². The van der Waals surface area contributed by atoms with Crippen molar-refractivity contribution in [3.8, 4) is 11.8 Å². The fourth-order valence-electron chi connectivity index (χ4n) is 5.70. The van der Waals surface area contributed by atoms with Gasteiger partial charge in [-0.2, -0.15) is 0 Å². The maximum atomic E-state index is 14.0. The van der Waals surface area contributed by atoms with Crippen molar-refractivity contribution in [3.63, 3.8) is 0 Å². The first-order valence-corrected chi connectivity index (χ1v) is 14.8. The van der Waals surface area contributed by atoms with Gasteiger partial charge in [-0.15, -0.1) is 0 Å². The van der Waals surface area contributed by atoms with E-state index in [1.165, 1.54) is 10.5 Å². The summed E-state index contributed by atoms with van der Waals surface area (Å²) in [6, 6.07) is 32.6. The highest BCUT2D eigenvalue weighted by Crippen LogP contribution is 2.84. The molecule has 1 fully saturated rings. The van der Waals surface area contributed by atoms with Gasteiger partial charge in [0, 0.05) is 39.1 Å². The molecule has 0 radical (unpaired) electrons. The minimum atomic E-state index is -1.93.